The molecule has 28 heavy (non-hydrogen) atoms. The Bertz CT molecular complexity index is 1040. The van der Waals surface area contributed by atoms with Crippen LogP contribution in [0.4, 0.5) is 14.5 Å². The first-order valence-corrected chi connectivity index (χ1v) is 8.47. The molecule has 0 atom stereocenters. The molecule has 3 rings (SSSR count). The van der Waals surface area contributed by atoms with Gasteiger partial charge >= 0.3 is 5.97 Å². The summed E-state index contributed by atoms with van der Waals surface area (Å²) in [6, 6.07) is 11.6. The van der Waals surface area contributed by atoms with Crippen LogP contribution in [0.25, 0.3) is 5.69 Å². The van der Waals surface area contributed by atoms with Gasteiger partial charge in [0.2, 0.25) is 0 Å². The summed E-state index contributed by atoms with van der Waals surface area (Å²) in [6.07, 6.45) is 0. The number of nitrogens with zero attached hydrogens (tertiary/aromatic N) is 2. The number of halogens is 3. The summed E-state index contributed by atoms with van der Waals surface area (Å²) in [4.78, 5) is 24.2. The first-order chi connectivity index (χ1) is 13.4. The van der Waals surface area contributed by atoms with E-state index in [1.54, 1.807) is 31.2 Å². The lowest BCUT2D eigenvalue weighted by Crippen LogP contribution is -2.21. The van der Waals surface area contributed by atoms with Crippen LogP contribution < -0.4 is 5.32 Å². The van der Waals surface area contributed by atoms with E-state index in [9.17, 15) is 18.4 Å². The number of ether oxygens (including phenoxy) is 1. The summed E-state index contributed by atoms with van der Waals surface area (Å²) in [5.74, 6) is -3.35. The minimum atomic E-state index is -0.942. The largest absolute Gasteiger partial charge is 0.452 e. The standard InChI is InChI=1S/C19H14ClF2N3O3/c1-11-17(18(20)25(24-11)13-5-3-2-4-6-13)19(27)28-10-16(26)23-15-8-7-12(21)9-14(15)22/h2-9H,10H2,1H3,(H,23,26). The lowest BCUT2D eigenvalue weighted by molar-refractivity contribution is -0.119. The van der Waals surface area contributed by atoms with Crippen molar-refractivity contribution in [3.63, 3.8) is 0 Å². The van der Waals surface area contributed by atoms with Crippen LogP contribution in [0.5, 0.6) is 0 Å². The Balaban J connectivity index is 1.68. The van der Waals surface area contributed by atoms with E-state index in [1.807, 2.05) is 6.07 Å². The van der Waals surface area contributed by atoms with Gasteiger partial charge in [0.1, 0.15) is 22.4 Å². The van der Waals surface area contributed by atoms with Crippen LogP contribution in [0, 0.1) is 18.6 Å². The van der Waals surface area contributed by atoms with Crippen molar-refractivity contribution in [2.45, 2.75) is 6.92 Å². The smallest absolute Gasteiger partial charge is 0.343 e. The summed E-state index contributed by atoms with van der Waals surface area (Å²) in [5, 5.41) is 6.45. The van der Waals surface area contributed by atoms with Crippen molar-refractivity contribution < 1.29 is 23.1 Å². The van der Waals surface area contributed by atoms with Gasteiger partial charge in [0, 0.05) is 6.07 Å². The number of aromatic nitrogens is 2. The SMILES string of the molecule is Cc1nn(-c2ccccc2)c(Cl)c1C(=O)OCC(=O)Nc1ccc(F)cc1F. The zero-order valence-electron chi connectivity index (χ0n) is 14.6. The number of benzene rings is 2. The molecule has 1 N–H and O–H groups in total. The highest BCUT2D eigenvalue weighted by molar-refractivity contribution is 6.33. The molecule has 1 aromatic heterocycles. The summed E-state index contributed by atoms with van der Waals surface area (Å²) in [5.41, 5.74) is 0.767. The fourth-order valence-corrected chi connectivity index (χ4v) is 2.80. The van der Waals surface area contributed by atoms with Gasteiger partial charge in [-0.25, -0.2) is 18.3 Å². The summed E-state index contributed by atoms with van der Waals surface area (Å²) in [6.45, 7) is 0.901. The molecule has 0 bridgehead atoms. The zero-order valence-corrected chi connectivity index (χ0v) is 15.3. The molecule has 0 fully saturated rings. The highest BCUT2D eigenvalue weighted by atomic mass is 35.5. The second-order valence-electron chi connectivity index (χ2n) is 5.75. The first kappa shape index (κ1) is 19.5. The van der Waals surface area contributed by atoms with E-state index in [4.69, 9.17) is 16.3 Å². The highest BCUT2D eigenvalue weighted by Gasteiger charge is 2.23. The third-order valence-corrected chi connectivity index (χ3v) is 4.10. The molecule has 0 saturated heterocycles. The van der Waals surface area contributed by atoms with Gasteiger partial charge in [-0.15, -0.1) is 0 Å². The van der Waals surface area contributed by atoms with Crippen molar-refractivity contribution >= 4 is 29.2 Å². The number of rotatable bonds is 5. The van der Waals surface area contributed by atoms with Crippen molar-refractivity contribution in [3.8, 4) is 5.69 Å². The molecule has 0 aliphatic heterocycles. The number of hydrogen-bond donors (Lipinski definition) is 1. The Morgan fingerprint density at radius 2 is 1.89 bits per heavy atom. The van der Waals surface area contributed by atoms with Gasteiger partial charge in [-0.3, -0.25) is 4.79 Å². The van der Waals surface area contributed by atoms with Crippen molar-refractivity contribution in [3.05, 3.63) is 76.6 Å². The Labute approximate surface area is 163 Å². The van der Waals surface area contributed by atoms with Crippen molar-refractivity contribution in [2.24, 2.45) is 0 Å². The molecule has 6 nitrogen and oxygen atoms in total. The minimum absolute atomic E-state index is 0.0197. The van der Waals surface area contributed by atoms with Gasteiger partial charge in [0.05, 0.1) is 17.1 Å². The van der Waals surface area contributed by atoms with Crippen LogP contribution >= 0.6 is 11.6 Å². The van der Waals surface area contributed by atoms with Crippen LogP contribution in [0.1, 0.15) is 16.1 Å². The number of amides is 1. The molecule has 0 unspecified atom stereocenters. The fraction of sp³-hybridized carbons (Fsp3) is 0.105. The van der Waals surface area contributed by atoms with E-state index in [0.717, 1.165) is 12.1 Å². The van der Waals surface area contributed by atoms with Crippen molar-refractivity contribution in [2.75, 3.05) is 11.9 Å². The minimum Gasteiger partial charge on any atom is -0.452 e. The third kappa shape index (κ3) is 4.17. The molecule has 2 aromatic carbocycles. The van der Waals surface area contributed by atoms with Gasteiger partial charge in [0.15, 0.2) is 6.61 Å². The van der Waals surface area contributed by atoms with E-state index < -0.39 is 30.1 Å². The summed E-state index contributed by atoms with van der Waals surface area (Å²) >= 11 is 6.25. The molecule has 9 heteroatoms. The molecule has 0 radical (unpaired) electrons. The number of aryl methyl sites for hydroxylation is 1. The van der Waals surface area contributed by atoms with Gasteiger partial charge in [-0.1, -0.05) is 29.8 Å². The highest BCUT2D eigenvalue weighted by Crippen LogP contribution is 2.24. The van der Waals surface area contributed by atoms with Gasteiger partial charge in [-0.05, 0) is 31.2 Å². The molecule has 3 aromatic rings. The van der Waals surface area contributed by atoms with E-state index in [2.05, 4.69) is 10.4 Å². The Kier molecular flexibility index (Phi) is 5.70. The molecule has 0 spiro atoms. The van der Waals surface area contributed by atoms with Crippen molar-refractivity contribution in [1.29, 1.82) is 0 Å². The maximum atomic E-state index is 13.6. The second-order valence-corrected chi connectivity index (χ2v) is 6.11. The van der Waals surface area contributed by atoms with Gasteiger partial charge in [0.25, 0.3) is 5.91 Å². The number of esters is 1. The number of hydrogen-bond acceptors (Lipinski definition) is 4. The Hall–Kier alpha value is -3.26. The van der Waals surface area contributed by atoms with Crippen LogP contribution in [-0.4, -0.2) is 28.3 Å². The molecular formula is C19H14ClF2N3O3. The molecule has 144 valence electrons. The van der Waals surface area contributed by atoms with Crippen LogP contribution in [0.15, 0.2) is 48.5 Å². The molecular weight excluding hydrogens is 392 g/mol. The predicted molar refractivity (Wildman–Crippen MR) is 98.6 cm³/mol. The van der Waals surface area contributed by atoms with Gasteiger partial charge in [-0.2, -0.15) is 5.10 Å². The normalized spacial score (nSPS) is 10.6. The molecule has 0 aliphatic carbocycles. The maximum absolute atomic E-state index is 13.6. The first-order valence-electron chi connectivity index (χ1n) is 8.09. The third-order valence-electron chi connectivity index (χ3n) is 3.75. The van der Waals surface area contributed by atoms with E-state index >= 15 is 0 Å². The van der Waals surface area contributed by atoms with Crippen LogP contribution in [0.2, 0.25) is 5.15 Å². The average Bonchev–Trinajstić information content (AvgIpc) is 2.97. The lowest BCUT2D eigenvalue weighted by Gasteiger charge is -2.07. The number of carbonyl (C=O) groups excluding carboxylic acids is 2. The number of para-hydroxylation sites is 1. The number of carbonyl (C=O) groups is 2. The van der Waals surface area contributed by atoms with E-state index in [1.165, 1.54) is 4.68 Å². The van der Waals surface area contributed by atoms with Crippen LogP contribution in [-0.2, 0) is 9.53 Å². The second kappa shape index (κ2) is 8.18. The molecule has 0 saturated carbocycles. The topological polar surface area (TPSA) is 73.2 Å². The number of anilines is 1. The molecule has 0 aliphatic rings. The molecule has 1 heterocycles. The predicted octanol–water partition coefficient (Wildman–Crippen LogP) is 3.91. The summed E-state index contributed by atoms with van der Waals surface area (Å²) in [7, 11) is 0. The van der Waals surface area contributed by atoms with E-state index in [0.29, 0.717) is 17.4 Å². The molecule has 1 amide bonds. The van der Waals surface area contributed by atoms with Crippen LogP contribution in [0.3, 0.4) is 0 Å². The maximum Gasteiger partial charge on any atom is 0.343 e. The zero-order chi connectivity index (χ0) is 20.3. The Morgan fingerprint density at radius 3 is 2.57 bits per heavy atom. The Morgan fingerprint density at radius 1 is 1.18 bits per heavy atom. The van der Waals surface area contributed by atoms with Gasteiger partial charge < -0.3 is 10.1 Å². The average molecular weight is 406 g/mol. The summed E-state index contributed by atoms with van der Waals surface area (Å²) < 4.78 is 32.8. The number of nitrogens with one attached hydrogen (secondary N) is 1. The quantitative estimate of drug-likeness (QED) is 0.653. The fourth-order valence-electron chi connectivity index (χ4n) is 2.45. The lowest BCUT2D eigenvalue weighted by atomic mass is 10.2. The van der Waals surface area contributed by atoms with Crippen molar-refractivity contribution in [1.82, 2.24) is 9.78 Å². The monoisotopic (exact) mass is 405 g/mol. The van der Waals surface area contributed by atoms with E-state index in [-0.39, 0.29) is 16.4 Å².